The molecule has 0 aliphatic carbocycles. The molecule has 7 nitrogen and oxygen atoms in total. The third kappa shape index (κ3) is 4.14. The molecular weight excluding hydrogens is 320 g/mol. The second-order valence-electron chi connectivity index (χ2n) is 5.29. The fourth-order valence-corrected chi connectivity index (χ4v) is 2.14. The van der Waals surface area contributed by atoms with Gasteiger partial charge in [-0.15, -0.1) is 5.10 Å². The van der Waals surface area contributed by atoms with Crippen LogP contribution in [0.1, 0.15) is 6.92 Å². The highest BCUT2D eigenvalue weighted by Crippen LogP contribution is 2.16. The predicted octanol–water partition coefficient (Wildman–Crippen LogP) is 2.68. The van der Waals surface area contributed by atoms with Crippen LogP contribution in [-0.4, -0.2) is 33.9 Å². The van der Waals surface area contributed by atoms with Crippen molar-refractivity contribution in [2.24, 2.45) is 0 Å². The molecule has 0 aliphatic heterocycles. The third-order valence-corrected chi connectivity index (χ3v) is 3.50. The highest BCUT2D eigenvalue weighted by molar-refractivity contribution is 5.94. The van der Waals surface area contributed by atoms with Gasteiger partial charge >= 0.3 is 6.01 Å². The van der Waals surface area contributed by atoms with E-state index in [-0.39, 0.29) is 11.9 Å². The molecule has 0 bridgehead atoms. The summed E-state index contributed by atoms with van der Waals surface area (Å²) in [6.07, 6.45) is 0.799. The standard InChI is InChI=1S/C18H18N4O3/c1-13(17(23)20-14-8-10-16(24-2)11-9-14)25-18-19-12-22(21-18)15-6-4-3-5-7-15/h3-13H,1-2H3,(H,20,23). The first-order chi connectivity index (χ1) is 12.2. The molecule has 3 rings (SSSR count). The molecular formula is C18H18N4O3. The highest BCUT2D eigenvalue weighted by Gasteiger charge is 2.17. The van der Waals surface area contributed by atoms with Crippen molar-refractivity contribution in [3.05, 3.63) is 60.9 Å². The van der Waals surface area contributed by atoms with Crippen LogP contribution >= 0.6 is 0 Å². The van der Waals surface area contributed by atoms with Crippen LogP contribution in [0, 0.1) is 0 Å². The van der Waals surface area contributed by atoms with E-state index in [2.05, 4.69) is 15.4 Å². The Labute approximate surface area is 145 Å². The average Bonchev–Trinajstić information content (AvgIpc) is 3.11. The van der Waals surface area contributed by atoms with Crippen LogP contribution in [0.25, 0.3) is 5.69 Å². The van der Waals surface area contributed by atoms with Gasteiger partial charge in [-0.1, -0.05) is 18.2 Å². The van der Waals surface area contributed by atoms with E-state index in [0.29, 0.717) is 5.69 Å². The van der Waals surface area contributed by atoms with Crippen LogP contribution in [0.4, 0.5) is 5.69 Å². The molecule has 0 saturated carbocycles. The number of hydrogen-bond acceptors (Lipinski definition) is 5. The number of amides is 1. The number of ether oxygens (including phenoxy) is 2. The molecule has 0 fully saturated rings. The number of nitrogens with zero attached hydrogens (tertiary/aromatic N) is 3. The topological polar surface area (TPSA) is 78.3 Å². The first-order valence-electron chi connectivity index (χ1n) is 7.74. The Balaban J connectivity index is 1.60. The Morgan fingerprint density at radius 3 is 2.52 bits per heavy atom. The minimum Gasteiger partial charge on any atom is -0.497 e. The summed E-state index contributed by atoms with van der Waals surface area (Å²) >= 11 is 0. The van der Waals surface area contributed by atoms with Gasteiger partial charge < -0.3 is 14.8 Å². The maximum Gasteiger partial charge on any atom is 0.336 e. The van der Waals surface area contributed by atoms with Gasteiger partial charge in [0.15, 0.2) is 6.10 Å². The third-order valence-electron chi connectivity index (χ3n) is 3.50. The number of benzene rings is 2. The van der Waals surface area contributed by atoms with Crippen molar-refractivity contribution >= 4 is 11.6 Å². The molecule has 0 radical (unpaired) electrons. The van der Waals surface area contributed by atoms with Gasteiger partial charge in [0.2, 0.25) is 0 Å². The van der Waals surface area contributed by atoms with Crippen LogP contribution in [0.15, 0.2) is 60.9 Å². The summed E-state index contributed by atoms with van der Waals surface area (Å²) in [6, 6.07) is 16.7. The molecule has 0 spiro atoms. The van der Waals surface area contributed by atoms with E-state index >= 15 is 0 Å². The maximum absolute atomic E-state index is 12.2. The molecule has 1 N–H and O–H groups in total. The van der Waals surface area contributed by atoms with Crippen molar-refractivity contribution in [2.45, 2.75) is 13.0 Å². The number of aromatic nitrogens is 3. The number of anilines is 1. The first kappa shape index (κ1) is 16.5. The van der Waals surface area contributed by atoms with Gasteiger partial charge in [0.05, 0.1) is 12.8 Å². The highest BCUT2D eigenvalue weighted by atomic mass is 16.5. The summed E-state index contributed by atoms with van der Waals surface area (Å²) in [6.45, 7) is 1.64. The van der Waals surface area contributed by atoms with Crippen LogP contribution in [0.5, 0.6) is 11.8 Å². The molecule has 0 aliphatic rings. The summed E-state index contributed by atoms with van der Waals surface area (Å²) in [5.74, 6) is 0.430. The number of rotatable bonds is 6. The SMILES string of the molecule is COc1ccc(NC(=O)C(C)Oc2ncn(-c3ccccc3)n2)cc1. The fourth-order valence-electron chi connectivity index (χ4n) is 2.14. The number of hydrogen-bond donors (Lipinski definition) is 1. The quantitative estimate of drug-likeness (QED) is 0.747. The summed E-state index contributed by atoms with van der Waals surface area (Å²) in [4.78, 5) is 16.3. The van der Waals surface area contributed by atoms with Crippen molar-refractivity contribution in [3.8, 4) is 17.4 Å². The van der Waals surface area contributed by atoms with Crippen LogP contribution in [-0.2, 0) is 4.79 Å². The fraction of sp³-hybridized carbons (Fsp3) is 0.167. The second-order valence-corrected chi connectivity index (χ2v) is 5.29. The maximum atomic E-state index is 12.2. The summed E-state index contributed by atoms with van der Waals surface area (Å²) in [5.41, 5.74) is 1.52. The van der Waals surface area contributed by atoms with Gasteiger partial charge in [0, 0.05) is 5.69 Å². The average molecular weight is 338 g/mol. The van der Waals surface area contributed by atoms with Gasteiger partial charge in [0.25, 0.3) is 5.91 Å². The van der Waals surface area contributed by atoms with Gasteiger partial charge in [-0.05, 0) is 43.3 Å². The lowest BCUT2D eigenvalue weighted by atomic mass is 10.3. The number of carbonyl (C=O) groups excluding carboxylic acids is 1. The molecule has 25 heavy (non-hydrogen) atoms. The van der Waals surface area contributed by atoms with E-state index in [9.17, 15) is 4.79 Å². The van der Waals surface area contributed by atoms with Crippen molar-refractivity contribution in [1.82, 2.24) is 14.8 Å². The molecule has 3 aromatic rings. The molecule has 1 unspecified atom stereocenters. The number of para-hydroxylation sites is 1. The second kappa shape index (κ2) is 7.48. The van der Waals surface area contributed by atoms with Crippen LogP contribution in [0.2, 0.25) is 0 Å². The summed E-state index contributed by atoms with van der Waals surface area (Å²) in [5, 5.41) is 6.99. The normalized spacial score (nSPS) is 11.6. The molecule has 7 heteroatoms. The van der Waals surface area contributed by atoms with Crippen molar-refractivity contribution in [2.75, 3.05) is 12.4 Å². The van der Waals surface area contributed by atoms with E-state index in [1.54, 1.807) is 49.3 Å². The Kier molecular flexibility index (Phi) is 4.94. The largest absolute Gasteiger partial charge is 0.497 e. The van der Waals surface area contributed by atoms with E-state index in [1.165, 1.54) is 0 Å². The predicted molar refractivity (Wildman–Crippen MR) is 93.1 cm³/mol. The van der Waals surface area contributed by atoms with Crippen molar-refractivity contribution in [3.63, 3.8) is 0 Å². The lowest BCUT2D eigenvalue weighted by molar-refractivity contribution is -0.122. The number of nitrogens with one attached hydrogen (secondary N) is 1. The van der Waals surface area contributed by atoms with E-state index in [1.807, 2.05) is 30.3 Å². The molecule has 1 amide bonds. The Morgan fingerprint density at radius 1 is 1.12 bits per heavy atom. The van der Waals surface area contributed by atoms with E-state index in [4.69, 9.17) is 9.47 Å². The Morgan fingerprint density at radius 2 is 1.84 bits per heavy atom. The number of methoxy groups -OCH3 is 1. The molecule has 1 aromatic heterocycles. The molecule has 0 saturated heterocycles. The number of carbonyl (C=O) groups is 1. The van der Waals surface area contributed by atoms with E-state index in [0.717, 1.165) is 11.4 Å². The monoisotopic (exact) mass is 338 g/mol. The minimum atomic E-state index is -0.742. The van der Waals surface area contributed by atoms with Crippen molar-refractivity contribution in [1.29, 1.82) is 0 Å². The summed E-state index contributed by atoms with van der Waals surface area (Å²) < 4.78 is 12.2. The van der Waals surface area contributed by atoms with E-state index < -0.39 is 6.10 Å². The Bertz CT molecular complexity index is 831. The smallest absolute Gasteiger partial charge is 0.336 e. The van der Waals surface area contributed by atoms with Gasteiger partial charge in [0.1, 0.15) is 12.1 Å². The summed E-state index contributed by atoms with van der Waals surface area (Å²) in [7, 11) is 1.59. The lowest BCUT2D eigenvalue weighted by Crippen LogP contribution is -2.30. The molecule has 128 valence electrons. The molecule has 1 atom stereocenters. The van der Waals surface area contributed by atoms with Gasteiger partial charge in [-0.2, -0.15) is 4.98 Å². The zero-order chi connectivity index (χ0) is 17.6. The molecule has 1 heterocycles. The zero-order valence-corrected chi connectivity index (χ0v) is 13.9. The van der Waals surface area contributed by atoms with Gasteiger partial charge in [-0.25, -0.2) is 4.68 Å². The van der Waals surface area contributed by atoms with Gasteiger partial charge in [-0.3, -0.25) is 4.79 Å². The lowest BCUT2D eigenvalue weighted by Gasteiger charge is -2.12. The zero-order valence-electron chi connectivity index (χ0n) is 13.9. The first-order valence-corrected chi connectivity index (χ1v) is 7.74. The molecule has 2 aromatic carbocycles. The van der Waals surface area contributed by atoms with Crippen molar-refractivity contribution < 1.29 is 14.3 Å². The van der Waals surface area contributed by atoms with Crippen LogP contribution < -0.4 is 14.8 Å². The minimum absolute atomic E-state index is 0.140. The Hall–Kier alpha value is -3.35. The van der Waals surface area contributed by atoms with Crippen LogP contribution in [0.3, 0.4) is 0 Å².